The molecule has 0 aliphatic rings. The highest BCUT2D eigenvalue weighted by Gasteiger charge is 2.11. The van der Waals surface area contributed by atoms with Gasteiger partial charge >= 0.3 is 0 Å². The Bertz CT molecular complexity index is 898. The third-order valence-corrected chi connectivity index (χ3v) is 3.72. The van der Waals surface area contributed by atoms with Crippen molar-refractivity contribution in [3.8, 4) is 0 Å². The second kappa shape index (κ2) is 6.24. The zero-order chi connectivity index (χ0) is 17.3. The Labute approximate surface area is 137 Å². The summed E-state index contributed by atoms with van der Waals surface area (Å²) in [6.07, 6.45) is 1.68. The predicted octanol–water partition coefficient (Wildman–Crippen LogP) is 0.622. The second-order valence-corrected chi connectivity index (χ2v) is 5.30. The van der Waals surface area contributed by atoms with Crippen molar-refractivity contribution in [1.82, 2.24) is 15.0 Å². The van der Waals surface area contributed by atoms with Crippen LogP contribution in [0.1, 0.15) is 11.1 Å². The number of nitrogen functional groups attached to an aromatic ring is 2. The van der Waals surface area contributed by atoms with E-state index in [1.165, 1.54) is 12.1 Å². The lowest BCUT2D eigenvalue weighted by atomic mass is 10.1. The number of fused-ring (bicyclic) bond motifs is 1. The number of nitrogens with zero attached hydrogens (tertiary/aromatic N) is 3. The molecule has 0 aliphatic carbocycles. The fourth-order valence-corrected chi connectivity index (χ4v) is 2.46. The molecule has 0 unspecified atom stereocenters. The van der Waals surface area contributed by atoms with Crippen LogP contribution in [0.3, 0.4) is 0 Å². The van der Waals surface area contributed by atoms with Crippen molar-refractivity contribution in [1.29, 1.82) is 0 Å². The van der Waals surface area contributed by atoms with Crippen LogP contribution in [-0.4, -0.2) is 15.0 Å². The van der Waals surface area contributed by atoms with Crippen molar-refractivity contribution in [3.05, 3.63) is 52.0 Å². The summed E-state index contributed by atoms with van der Waals surface area (Å²) in [5.74, 6) is 0.361. The Morgan fingerprint density at radius 1 is 1.21 bits per heavy atom. The third kappa shape index (κ3) is 3.04. The highest BCUT2D eigenvalue weighted by molar-refractivity contribution is 5.89. The summed E-state index contributed by atoms with van der Waals surface area (Å²) in [4.78, 5) is 12.3. The van der Waals surface area contributed by atoms with Gasteiger partial charge in [-0.25, -0.2) is 4.98 Å². The van der Waals surface area contributed by atoms with Gasteiger partial charge < -0.3 is 32.4 Å². The summed E-state index contributed by atoms with van der Waals surface area (Å²) in [5.41, 5.74) is 14.5. The number of aryl methyl sites for hydroxylation is 1. The summed E-state index contributed by atoms with van der Waals surface area (Å²) in [5, 5.41) is 24.4. The first-order valence-corrected chi connectivity index (χ1v) is 7.18. The van der Waals surface area contributed by atoms with E-state index in [2.05, 4.69) is 20.3 Å². The number of nitrogens with two attached hydrogens (primary N) is 2. The molecule has 0 bridgehead atoms. The van der Waals surface area contributed by atoms with E-state index in [9.17, 15) is 10.4 Å². The molecular formula is C15H16N7O2-. The lowest BCUT2D eigenvalue weighted by molar-refractivity contribution is -0.715. The van der Waals surface area contributed by atoms with Gasteiger partial charge in [-0.2, -0.15) is 9.97 Å². The molecule has 0 spiro atoms. The van der Waals surface area contributed by atoms with E-state index in [0.717, 1.165) is 11.1 Å². The molecule has 2 aromatic heterocycles. The third-order valence-electron chi connectivity index (χ3n) is 3.72. The van der Waals surface area contributed by atoms with Crippen LogP contribution >= 0.6 is 0 Å². The summed E-state index contributed by atoms with van der Waals surface area (Å²) in [7, 11) is 0. The van der Waals surface area contributed by atoms with Gasteiger partial charge in [-0.1, -0.05) is 6.07 Å². The van der Waals surface area contributed by atoms with E-state index in [1.807, 2.05) is 6.92 Å². The van der Waals surface area contributed by atoms with E-state index in [-0.39, 0.29) is 17.5 Å². The van der Waals surface area contributed by atoms with Crippen LogP contribution in [0, 0.1) is 17.3 Å². The van der Waals surface area contributed by atoms with Crippen LogP contribution in [0.15, 0.2) is 30.5 Å². The van der Waals surface area contributed by atoms with E-state index >= 15 is 0 Å². The number of hydrogen-bond acceptors (Lipinski definition) is 8. The monoisotopic (exact) mass is 326 g/mol. The molecule has 2 heterocycles. The maximum Gasteiger partial charge on any atom is 0.224 e. The zero-order valence-corrected chi connectivity index (χ0v) is 12.9. The van der Waals surface area contributed by atoms with Crippen LogP contribution in [0.4, 0.5) is 23.1 Å². The quantitative estimate of drug-likeness (QED) is 0.509. The first-order chi connectivity index (χ1) is 11.5. The maximum atomic E-state index is 10.9. The number of nitrogens with one attached hydrogen (secondary N) is 2. The molecule has 9 nitrogen and oxygen atoms in total. The topological polar surface area (TPSA) is 153 Å². The predicted molar refractivity (Wildman–Crippen MR) is 92.0 cm³/mol. The molecule has 0 amide bonds. The van der Waals surface area contributed by atoms with Crippen molar-refractivity contribution in [3.63, 3.8) is 0 Å². The molecule has 0 fully saturated rings. The Morgan fingerprint density at radius 2 is 2.00 bits per heavy atom. The highest BCUT2D eigenvalue weighted by Crippen LogP contribution is 2.24. The van der Waals surface area contributed by atoms with Crippen molar-refractivity contribution in [2.45, 2.75) is 13.5 Å². The molecule has 6 N–H and O–H groups in total. The summed E-state index contributed by atoms with van der Waals surface area (Å²) in [6, 6.07) is 6.41. The molecule has 0 atom stereocenters. The minimum absolute atomic E-state index is 0.0804. The molecule has 0 saturated heterocycles. The smallest absolute Gasteiger partial charge is 0.224 e. The Kier molecular flexibility index (Phi) is 4.13. The number of pyridine rings is 1. The minimum atomic E-state index is -1.22. The van der Waals surface area contributed by atoms with Gasteiger partial charge in [0.2, 0.25) is 5.95 Å². The fraction of sp³-hybridized carbons (Fsp3) is 0.133. The molecule has 3 aromatic rings. The molecule has 0 aliphatic heterocycles. The van der Waals surface area contributed by atoms with Gasteiger partial charge in [0, 0.05) is 24.5 Å². The Balaban J connectivity index is 1.88. The SMILES string of the molecule is Cc1c(CNc2cccc([NH+]([O-])[O-])c2)cnc2nc(N)nc(N)c12. The fourth-order valence-electron chi connectivity index (χ4n) is 2.46. The first-order valence-electron chi connectivity index (χ1n) is 7.18. The van der Waals surface area contributed by atoms with Gasteiger partial charge in [0.05, 0.1) is 5.39 Å². The Morgan fingerprint density at radius 3 is 2.75 bits per heavy atom. The molecule has 24 heavy (non-hydrogen) atoms. The molecular weight excluding hydrogens is 310 g/mol. The first kappa shape index (κ1) is 15.9. The van der Waals surface area contributed by atoms with Gasteiger partial charge in [0.1, 0.15) is 11.5 Å². The highest BCUT2D eigenvalue weighted by atomic mass is 16.8. The van der Waals surface area contributed by atoms with Gasteiger partial charge in [-0.3, -0.25) is 0 Å². The number of hydrogen-bond donors (Lipinski definition) is 4. The summed E-state index contributed by atoms with van der Waals surface area (Å²) >= 11 is 0. The number of anilines is 3. The van der Waals surface area contributed by atoms with Crippen LogP contribution in [0.5, 0.6) is 0 Å². The number of quaternary nitrogens is 1. The minimum Gasteiger partial charge on any atom is -0.628 e. The van der Waals surface area contributed by atoms with E-state index in [1.54, 1.807) is 18.3 Å². The van der Waals surface area contributed by atoms with Crippen LogP contribution < -0.4 is 22.0 Å². The van der Waals surface area contributed by atoms with E-state index in [4.69, 9.17) is 11.5 Å². The lowest BCUT2D eigenvalue weighted by Gasteiger charge is -2.25. The van der Waals surface area contributed by atoms with Crippen LogP contribution in [-0.2, 0) is 6.54 Å². The summed E-state index contributed by atoms with van der Waals surface area (Å²) in [6.45, 7) is 2.34. The molecule has 124 valence electrons. The van der Waals surface area contributed by atoms with E-state index < -0.39 is 5.23 Å². The Hall–Kier alpha value is -3.01. The van der Waals surface area contributed by atoms with Crippen molar-refractivity contribution in [2.24, 2.45) is 0 Å². The average molecular weight is 326 g/mol. The normalized spacial score (nSPS) is 11.2. The standard InChI is InChI=1S/C15H16N7O2/c1-8-9(6-18-10-3-2-4-11(5-10)22(23)24)7-19-14-12(8)13(16)20-15(17)21-14/h2-5,7,18,22H,6H2,1H3,(H4,16,17,19,20,21)/q-1. The maximum absolute atomic E-state index is 10.9. The number of rotatable bonds is 4. The van der Waals surface area contributed by atoms with Gasteiger partial charge in [0.25, 0.3) is 0 Å². The molecule has 3 rings (SSSR count). The van der Waals surface area contributed by atoms with Crippen molar-refractivity contribution in [2.75, 3.05) is 16.8 Å². The van der Waals surface area contributed by atoms with Gasteiger partial charge in [-0.05, 0) is 30.2 Å². The van der Waals surface area contributed by atoms with Crippen LogP contribution in [0.25, 0.3) is 11.0 Å². The van der Waals surface area contributed by atoms with Crippen LogP contribution in [0.2, 0.25) is 0 Å². The number of aromatic nitrogens is 3. The van der Waals surface area contributed by atoms with Crippen molar-refractivity contribution < 1.29 is 5.23 Å². The summed E-state index contributed by atoms with van der Waals surface area (Å²) < 4.78 is 0. The van der Waals surface area contributed by atoms with Gasteiger partial charge in [0.15, 0.2) is 5.65 Å². The second-order valence-electron chi connectivity index (χ2n) is 5.30. The largest absolute Gasteiger partial charge is 0.628 e. The lowest BCUT2D eigenvalue weighted by Crippen LogP contribution is -2.96. The molecule has 1 aromatic carbocycles. The van der Waals surface area contributed by atoms with Gasteiger partial charge in [-0.15, -0.1) is 0 Å². The van der Waals surface area contributed by atoms with E-state index in [0.29, 0.717) is 23.3 Å². The number of benzene rings is 1. The molecule has 9 heteroatoms. The zero-order valence-electron chi connectivity index (χ0n) is 12.9. The molecule has 0 radical (unpaired) electrons. The van der Waals surface area contributed by atoms with Crippen molar-refractivity contribution >= 4 is 34.2 Å². The average Bonchev–Trinajstić information content (AvgIpc) is 2.54. The molecule has 0 saturated carbocycles.